The van der Waals surface area contributed by atoms with Crippen LogP contribution in [0.15, 0.2) is 0 Å². The molecule has 1 aliphatic rings. The van der Waals surface area contributed by atoms with Crippen molar-refractivity contribution >= 4 is 11.9 Å². The molecule has 7 heteroatoms. The van der Waals surface area contributed by atoms with Crippen molar-refractivity contribution in [3.8, 4) is 0 Å². The van der Waals surface area contributed by atoms with Crippen LogP contribution in [-0.2, 0) is 23.8 Å². The maximum absolute atomic E-state index is 12.2. The minimum absolute atomic E-state index is 0.0286. The third kappa shape index (κ3) is 6.88. The molecule has 122 valence electrons. The van der Waals surface area contributed by atoms with Crippen LogP contribution in [0.2, 0.25) is 0 Å². The highest BCUT2D eigenvalue weighted by Gasteiger charge is 2.24. The monoisotopic (exact) mass is 303 g/mol. The lowest BCUT2D eigenvalue weighted by atomic mass is 10.1. The van der Waals surface area contributed by atoms with E-state index in [9.17, 15) is 9.59 Å². The van der Waals surface area contributed by atoms with Crippen molar-refractivity contribution in [2.45, 2.75) is 38.4 Å². The lowest BCUT2D eigenvalue weighted by Crippen LogP contribution is -2.44. The van der Waals surface area contributed by atoms with E-state index in [0.717, 1.165) is 25.9 Å². The second-order valence-electron chi connectivity index (χ2n) is 5.11. The highest BCUT2D eigenvalue weighted by Crippen LogP contribution is 2.13. The molecule has 0 aromatic carbocycles. The summed E-state index contributed by atoms with van der Waals surface area (Å²) < 4.78 is 16.0. The van der Waals surface area contributed by atoms with Crippen LogP contribution in [0.4, 0.5) is 0 Å². The van der Waals surface area contributed by atoms with Crippen molar-refractivity contribution in [2.75, 3.05) is 40.0 Å². The molecule has 1 heterocycles. The van der Waals surface area contributed by atoms with E-state index >= 15 is 0 Å². The molecule has 7 nitrogen and oxygen atoms in total. The largest absolute Gasteiger partial charge is 0.480 e. The highest BCUT2D eigenvalue weighted by molar-refractivity contribution is 5.84. The van der Waals surface area contributed by atoms with Crippen molar-refractivity contribution < 1.29 is 28.9 Å². The molecule has 1 saturated heterocycles. The van der Waals surface area contributed by atoms with Crippen LogP contribution in [0.1, 0.15) is 26.2 Å². The number of hydrogen-bond donors (Lipinski definition) is 1. The van der Waals surface area contributed by atoms with Crippen LogP contribution in [0.3, 0.4) is 0 Å². The number of nitrogens with zero attached hydrogens (tertiary/aromatic N) is 1. The van der Waals surface area contributed by atoms with Crippen LogP contribution in [0.5, 0.6) is 0 Å². The zero-order valence-corrected chi connectivity index (χ0v) is 12.7. The van der Waals surface area contributed by atoms with Crippen molar-refractivity contribution in [2.24, 2.45) is 0 Å². The Morgan fingerprint density at radius 3 is 2.76 bits per heavy atom. The number of carboxylic acids is 1. The summed E-state index contributed by atoms with van der Waals surface area (Å²) in [6, 6.07) is 0. The van der Waals surface area contributed by atoms with Gasteiger partial charge in [0.2, 0.25) is 0 Å². The SMILES string of the molecule is COCCN(CC(=O)O)C(=O)C(C)OCC1CCCCO1. The Hall–Kier alpha value is -1.18. The molecule has 0 spiro atoms. The predicted octanol–water partition coefficient (Wildman–Crippen LogP) is 0.520. The number of rotatable bonds is 9. The summed E-state index contributed by atoms with van der Waals surface area (Å²) in [5.74, 6) is -1.40. The van der Waals surface area contributed by atoms with Gasteiger partial charge in [0.05, 0.1) is 19.3 Å². The molecule has 2 unspecified atom stereocenters. The van der Waals surface area contributed by atoms with E-state index in [2.05, 4.69) is 0 Å². The summed E-state index contributed by atoms with van der Waals surface area (Å²) in [6.45, 7) is 2.89. The summed E-state index contributed by atoms with van der Waals surface area (Å²) in [4.78, 5) is 24.2. The molecule has 1 aliphatic heterocycles. The molecule has 0 aliphatic carbocycles. The van der Waals surface area contributed by atoms with E-state index in [1.54, 1.807) is 6.92 Å². The highest BCUT2D eigenvalue weighted by atomic mass is 16.5. The Morgan fingerprint density at radius 2 is 2.19 bits per heavy atom. The Morgan fingerprint density at radius 1 is 1.43 bits per heavy atom. The second kappa shape index (κ2) is 9.70. The van der Waals surface area contributed by atoms with Gasteiger partial charge in [-0.25, -0.2) is 0 Å². The van der Waals surface area contributed by atoms with Crippen LogP contribution < -0.4 is 0 Å². The van der Waals surface area contributed by atoms with Crippen LogP contribution in [0.25, 0.3) is 0 Å². The number of methoxy groups -OCH3 is 1. The van der Waals surface area contributed by atoms with Crippen molar-refractivity contribution in [3.63, 3.8) is 0 Å². The number of carbonyl (C=O) groups is 2. The summed E-state index contributed by atoms with van der Waals surface area (Å²) in [7, 11) is 1.50. The number of carbonyl (C=O) groups excluding carboxylic acids is 1. The van der Waals surface area contributed by atoms with Gasteiger partial charge < -0.3 is 24.2 Å². The first-order chi connectivity index (χ1) is 10.0. The van der Waals surface area contributed by atoms with Gasteiger partial charge in [0.1, 0.15) is 12.6 Å². The van der Waals surface area contributed by atoms with Gasteiger partial charge in [0.25, 0.3) is 5.91 Å². The maximum atomic E-state index is 12.2. The first-order valence-corrected chi connectivity index (χ1v) is 7.27. The van der Waals surface area contributed by atoms with E-state index in [4.69, 9.17) is 19.3 Å². The van der Waals surface area contributed by atoms with Gasteiger partial charge in [0, 0.05) is 20.3 Å². The van der Waals surface area contributed by atoms with Gasteiger partial charge >= 0.3 is 5.97 Å². The zero-order chi connectivity index (χ0) is 15.7. The molecule has 0 aromatic heterocycles. The third-order valence-electron chi connectivity index (χ3n) is 3.36. The normalized spacial score (nSPS) is 20.0. The summed E-state index contributed by atoms with van der Waals surface area (Å²) >= 11 is 0. The molecule has 1 amide bonds. The van der Waals surface area contributed by atoms with Gasteiger partial charge in [0.15, 0.2) is 0 Å². The zero-order valence-electron chi connectivity index (χ0n) is 12.7. The van der Waals surface area contributed by atoms with Crippen LogP contribution in [-0.4, -0.2) is 74.1 Å². The lowest BCUT2D eigenvalue weighted by Gasteiger charge is -2.27. The Kier molecular flexibility index (Phi) is 8.26. The van der Waals surface area contributed by atoms with E-state index in [1.807, 2.05) is 0 Å². The molecule has 0 aromatic rings. The number of aliphatic carboxylic acids is 1. The summed E-state index contributed by atoms with van der Waals surface area (Å²) in [6.07, 6.45) is 2.44. The molecule has 1 N–H and O–H groups in total. The average Bonchev–Trinajstić information content (AvgIpc) is 2.49. The Bertz CT molecular complexity index is 329. The van der Waals surface area contributed by atoms with Crippen LogP contribution >= 0.6 is 0 Å². The van der Waals surface area contributed by atoms with Gasteiger partial charge in [-0.1, -0.05) is 0 Å². The number of amides is 1. The molecular weight excluding hydrogens is 278 g/mol. The fourth-order valence-corrected chi connectivity index (χ4v) is 2.15. The summed E-state index contributed by atoms with van der Waals surface area (Å²) in [5, 5.41) is 8.85. The predicted molar refractivity (Wildman–Crippen MR) is 75.1 cm³/mol. The minimum Gasteiger partial charge on any atom is -0.480 e. The van der Waals surface area contributed by atoms with Gasteiger partial charge in [-0.05, 0) is 26.2 Å². The average molecular weight is 303 g/mol. The second-order valence-corrected chi connectivity index (χ2v) is 5.11. The van der Waals surface area contributed by atoms with Crippen molar-refractivity contribution in [1.82, 2.24) is 4.90 Å². The fraction of sp³-hybridized carbons (Fsp3) is 0.857. The molecule has 21 heavy (non-hydrogen) atoms. The van der Waals surface area contributed by atoms with E-state index < -0.39 is 12.1 Å². The van der Waals surface area contributed by atoms with Crippen LogP contribution in [0, 0.1) is 0 Å². The van der Waals surface area contributed by atoms with Gasteiger partial charge in [-0.2, -0.15) is 0 Å². The van der Waals surface area contributed by atoms with Gasteiger partial charge in [-0.15, -0.1) is 0 Å². The van der Waals surface area contributed by atoms with Crippen molar-refractivity contribution in [1.29, 1.82) is 0 Å². The molecule has 0 bridgehead atoms. The number of ether oxygens (including phenoxy) is 3. The van der Waals surface area contributed by atoms with Gasteiger partial charge in [-0.3, -0.25) is 9.59 Å². The van der Waals surface area contributed by atoms with Crippen molar-refractivity contribution in [3.05, 3.63) is 0 Å². The number of carboxylic acid groups (broad SMARTS) is 1. The molecule has 1 fully saturated rings. The molecule has 0 saturated carbocycles. The number of hydrogen-bond acceptors (Lipinski definition) is 5. The first kappa shape index (κ1) is 17.9. The molecular formula is C14H25NO6. The Labute approximate surface area is 125 Å². The third-order valence-corrected chi connectivity index (χ3v) is 3.36. The van der Waals surface area contributed by atoms with E-state index in [1.165, 1.54) is 12.0 Å². The maximum Gasteiger partial charge on any atom is 0.323 e. The molecule has 2 atom stereocenters. The quantitative estimate of drug-likeness (QED) is 0.668. The minimum atomic E-state index is -1.05. The topological polar surface area (TPSA) is 85.3 Å². The first-order valence-electron chi connectivity index (χ1n) is 7.27. The van der Waals surface area contributed by atoms with E-state index in [-0.39, 0.29) is 31.7 Å². The fourth-order valence-electron chi connectivity index (χ4n) is 2.15. The summed E-state index contributed by atoms with van der Waals surface area (Å²) in [5.41, 5.74) is 0. The lowest BCUT2D eigenvalue weighted by molar-refractivity contribution is -0.152. The molecule has 0 radical (unpaired) electrons. The Balaban J connectivity index is 2.41. The van der Waals surface area contributed by atoms with E-state index in [0.29, 0.717) is 6.61 Å². The smallest absolute Gasteiger partial charge is 0.323 e. The molecule has 1 rings (SSSR count). The standard InChI is InChI=1S/C14H25NO6/c1-11(21-10-12-5-3-4-7-20-12)14(18)15(6-8-19-2)9-13(16)17/h11-12H,3-10H2,1-2H3,(H,16,17).